The van der Waals surface area contributed by atoms with E-state index in [0.717, 1.165) is 5.69 Å². The third-order valence-corrected chi connectivity index (χ3v) is 7.20. The lowest BCUT2D eigenvalue weighted by Crippen LogP contribution is -2.53. The lowest BCUT2D eigenvalue weighted by molar-refractivity contribution is -0.138. The average Bonchev–Trinajstić information content (AvgIpc) is 3.67. The summed E-state index contributed by atoms with van der Waals surface area (Å²) >= 11 is 0. The number of aromatic nitrogens is 2. The van der Waals surface area contributed by atoms with E-state index in [1.54, 1.807) is 69.2 Å². The van der Waals surface area contributed by atoms with Crippen LogP contribution < -0.4 is 5.32 Å². The highest BCUT2D eigenvalue weighted by molar-refractivity contribution is 6.03. The first kappa shape index (κ1) is 25.4. The normalized spacial score (nSPS) is 19.5. The molecule has 0 unspecified atom stereocenters. The minimum Gasteiger partial charge on any atom is -0.340 e. The summed E-state index contributed by atoms with van der Waals surface area (Å²) in [6, 6.07) is 15.8. The largest absolute Gasteiger partial charge is 0.340 e. The van der Waals surface area contributed by atoms with Gasteiger partial charge in [0, 0.05) is 30.1 Å². The summed E-state index contributed by atoms with van der Waals surface area (Å²) in [5.41, 5.74) is 1.77. The molecule has 1 aromatic heterocycles. The van der Waals surface area contributed by atoms with Crippen LogP contribution in [0.5, 0.6) is 0 Å². The molecule has 0 aliphatic carbocycles. The maximum absolute atomic E-state index is 13.7. The number of fused-ring (bicyclic) bond motifs is 1. The Labute approximate surface area is 221 Å². The Morgan fingerprint density at radius 2 is 1.71 bits per heavy atom. The second-order valence-corrected chi connectivity index (χ2v) is 10.3. The van der Waals surface area contributed by atoms with E-state index in [2.05, 4.69) is 10.4 Å². The average molecular weight is 514 g/mol. The number of amides is 3. The van der Waals surface area contributed by atoms with Crippen molar-refractivity contribution in [1.29, 1.82) is 0 Å². The first-order valence-corrected chi connectivity index (χ1v) is 12.9. The summed E-state index contributed by atoms with van der Waals surface area (Å²) in [7, 11) is 0. The fourth-order valence-electron chi connectivity index (χ4n) is 5.41. The predicted octanol–water partition coefficient (Wildman–Crippen LogP) is 2.71. The lowest BCUT2D eigenvalue weighted by atomic mass is 10.0. The number of carbonyl (C=O) groups is 4. The van der Waals surface area contributed by atoms with Crippen molar-refractivity contribution in [2.45, 2.75) is 44.8 Å². The zero-order chi connectivity index (χ0) is 26.8. The Morgan fingerprint density at radius 3 is 2.37 bits per heavy atom. The van der Waals surface area contributed by atoms with Crippen molar-refractivity contribution in [2.75, 3.05) is 13.1 Å². The van der Waals surface area contributed by atoms with Gasteiger partial charge in [0.2, 0.25) is 5.91 Å². The van der Waals surface area contributed by atoms with Gasteiger partial charge in [-0.3, -0.25) is 19.2 Å². The van der Waals surface area contributed by atoms with E-state index in [4.69, 9.17) is 0 Å². The summed E-state index contributed by atoms with van der Waals surface area (Å²) in [4.78, 5) is 56.2. The second kappa shape index (κ2) is 10.6. The molecule has 0 spiro atoms. The highest BCUT2D eigenvalue weighted by Crippen LogP contribution is 2.32. The molecule has 2 aliphatic rings. The van der Waals surface area contributed by atoms with Gasteiger partial charge >= 0.3 is 0 Å². The van der Waals surface area contributed by atoms with Gasteiger partial charge in [-0.1, -0.05) is 32.0 Å². The molecule has 2 aliphatic heterocycles. The Morgan fingerprint density at radius 1 is 0.974 bits per heavy atom. The van der Waals surface area contributed by atoms with Gasteiger partial charge in [0.1, 0.15) is 12.1 Å². The highest BCUT2D eigenvalue weighted by atomic mass is 16.2. The van der Waals surface area contributed by atoms with Crippen molar-refractivity contribution >= 4 is 23.5 Å². The number of hydrogen-bond donors (Lipinski definition) is 1. The SMILES string of the molecule is CC(C)C[C@H](NC(=O)c1ccc(-n2cccn2)cc1)C(=O)N1CC[C@@H]2[C@H]1C(=O)CN2C(=O)c1ccccc1. The van der Waals surface area contributed by atoms with Crippen LogP contribution >= 0.6 is 0 Å². The van der Waals surface area contributed by atoms with Crippen molar-refractivity contribution < 1.29 is 19.2 Å². The Kier molecular flexibility index (Phi) is 7.09. The Bertz CT molecular complexity index is 1320. The molecule has 2 aromatic carbocycles. The zero-order valence-corrected chi connectivity index (χ0v) is 21.5. The van der Waals surface area contributed by atoms with Crippen LogP contribution in [0.1, 0.15) is 47.4 Å². The summed E-state index contributed by atoms with van der Waals surface area (Å²) < 4.78 is 1.70. The molecule has 2 saturated heterocycles. The van der Waals surface area contributed by atoms with Crippen LogP contribution in [-0.4, -0.2) is 74.3 Å². The first-order valence-electron chi connectivity index (χ1n) is 12.9. The number of nitrogens with one attached hydrogen (secondary N) is 1. The third kappa shape index (κ3) is 4.96. The van der Waals surface area contributed by atoms with Crippen LogP contribution in [0, 0.1) is 5.92 Å². The number of ketones is 1. The van der Waals surface area contributed by atoms with Crippen LogP contribution in [0.4, 0.5) is 0 Å². The summed E-state index contributed by atoms with van der Waals surface area (Å²) in [5, 5.41) is 7.09. The van der Waals surface area contributed by atoms with Crippen LogP contribution in [0.15, 0.2) is 73.1 Å². The van der Waals surface area contributed by atoms with Gasteiger partial charge in [-0.25, -0.2) is 4.68 Å². The molecule has 3 atom stereocenters. The Balaban J connectivity index is 1.30. The van der Waals surface area contributed by atoms with Gasteiger partial charge in [-0.05, 0) is 61.2 Å². The van der Waals surface area contributed by atoms with Crippen molar-refractivity contribution in [3.05, 3.63) is 84.2 Å². The number of benzene rings is 2. The maximum atomic E-state index is 13.7. The molecule has 9 nitrogen and oxygen atoms in total. The van der Waals surface area contributed by atoms with Gasteiger partial charge in [0.15, 0.2) is 5.78 Å². The summed E-state index contributed by atoms with van der Waals surface area (Å²) in [5.74, 6) is -0.846. The number of nitrogens with zero attached hydrogens (tertiary/aromatic N) is 4. The maximum Gasteiger partial charge on any atom is 0.254 e. The number of hydrogen-bond acceptors (Lipinski definition) is 5. The molecule has 2 fully saturated rings. The summed E-state index contributed by atoms with van der Waals surface area (Å²) in [6.07, 6.45) is 4.45. The van der Waals surface area contributed by atoms with Crippen molar-refractivity contribution in [3.8, 4) is 5.69 Å². The monoisotopic (exact) mass is 513 g/mol. The topological polar surface area (TPSA) is 105 Å². The quantitative estimate of drug-likeness (QED) is 0.523. The number of likely N-dealkylation sites (tertiary alicyclic amines) is 2. The number of rotatable bonds is 7. The molecule has 5 rings (SSSR count). The second-order valence-electron chi connectivity index (χ2n) is 10.3. The Hall–Kier alpha value is -4.27. The molecule has 38 heavy (non-hydrogen) atoms. The molecular formula is C29H31N5O4. The van der Waals surface area contributed by atoms with E-state index in [1.807, 2.05) is 32.2 Å². The molecule has 9 heteroatoms. The standard InChI is InChI=1S/C29H31N5O4/c1-19(2)17-23(31-27(36)20-9-11-22(12-10-20)34-15-6-14-30-34)29(38)32-16-13-24-26(32)25(35)18-33(24)28(37)21-7-4-3-5-8-21/h3-12,14-15,19,23-24,26H,13,16-18H2,1-2H3,(H,31,36)/t23-,24+,26-/m0/s1. The van der Waals surface area contributed by atoms with E-state index in [9.17, 15) is 19.2 Å². The van der Waals surface area contributed by atoms with E-state index in [0.29, 0.717) is 30.5 Å². The van der Waals surface area contributed by atoms with Crippen LogP contribution in [0.2, 0.25) is 0 Å². The number of Topliss-reactive ketones (excluding diaryl/α,β-unsaturated/α-hetero) is 1. The predicted molar refractivity (Wildman–Crippen MR) is 141 cm³/mol. The van der Waals surface area contributed by atoms with Crippen molar-refractivity contribution in [1.82, 2.24) is 24.9 Å². The summed E-state index contributed by atoms with van der Waals surface area (Å²) in [6.45, 7) is 4.32. The minimum absolute atomic E-state index is 0.0172. The van der Waals surface area contributed by atoms with Gasteiger partial charge < -0.3 is 15.1 Å². The van der Waals surface area contributed by atoms with E-state index >= 15 is 0 Å². The molecule has 3 heterocycles. The van der Waals surface area contributed by atoms with Crippen LogP contribution in [0.3, 0.4) is 0 Å². The molecule has 3 amide bonds. The fourth-order valence-corrected chi connectivity index (χ4v) is 5.41. The third-order valence-electron chi connectivity index (χ3n) is 7.20. The number of carbonyl (C=O) groups excluding carboxylic acids is 4. The highest BCUT2D eigenvalue weighted by Gasteiger charge is 2.52. The lowest BCUT2D eigenvalue weighted by Gasteiger charge is -2.29. The molecule has 196 valence electrons. The molecule has 1 N–H and O–H groups in total. The smallest absolute Gasteiger partial charge is 0.254 e. The van der Waals surface area contributed by atoms with Crippen molar-refractivity contribution in [2.24, 2.45) is 5.92 Å². The molecule has 0 saturated carbocycles. The first-order chi connectivity index (χ1) is 18.3. The van der Waals surface area contributed by atoms with Gasteiger partial charge in [-0.2, -0.15) is 5.10 Å². The van der Waals surface area contributed by atoms with Crippen LogP contribution in [-0.2, 0) is 9.59 Å². The van der Waals surface area contributed by atoms with E-state index in [-0.39, 0.29) is 42.0 Å². The van der Waals surface area contributed by atoms with Crippen molar-refractivity contribution in [3.63, 3.8) is 0 Å². The zero-order valence-electron chi connectivity index (χ0n) is 21.5. The molecule has 0 bridgehead atoms. The molecular weight excluding hydrogens is 482 g/mol. The molecule has 3 aromatic rings. The van der Waals surface area contributed by atoms with Gasteiger partial charge in [0.05, 0.1) is 18.3 Å². The van der Waals surface area contributed by atoms with Gasteiger partial charge in [0.25, 0.3) is 11.8 Å². The van der Waals surface area contributed by atoms with Gasteiger partial charge in [-0.15, -0.1) is 0 Å². The minimum atomic E-state index is -0.779. The van der Waals surface area contributed by atoms with Crippen LogP contribution in [0.25, 0.3) is 5.69 Å². The van der Waals surface area contributed by atoms with E-state index in [1.165, 1.54) is 0 Å². The fraction of sp³-hybridized carbons (Fsp3) is 0.345. The molecule has 0 radical (unpaired) electrons. The van der Waals surface area contributed by atoms with E-state index < -0.39 is 12.1 Å².